The maximum Gasteiger partial charge on any atom is 0.227 e. The predicted octanol–water partition coefficient (Wildman–Crippen LogP) is 3.88. The van der Waals surface area contributed by atoms with Crippen molar-refractivity contribution >= 4 is 5.91 Å². The zero-order valence-electron chi connectivity index (χ0n) is 13.2. The summed E-state index contributed by atoms with van der Waals surface area (Å²) in [6.07, 6.45) is 1.01. The summed E-state index contributed by atoms with van der Waals surface area (Å²) in [6, 6.07) is 10.2. The Morgan fingerprint density at radius 2 is 1.90 bits per heavy atom. The zero-order chi connectivity index (χ0) is 15.4. The van der Waals surface area contributed by atoms with Crippen LogP contribution in [0.1, 0.15) is 48.0 Å². The van der Waals surface area contributed by atoms with Crippen LogP contribution in [0.15, 0.2) is 34.7 Å². The highest BCUT2D eigenvalue weighted by molar-refractivity contribution is 5.83. The van der Waals surface area contributed by atoms with E-state index in [2.05, 4.69) is 24.4 Å². The molecule has 1 atom stereocenters. The van der Waals surface area contributed by atoms with E-state index in [9.17, 15) is 4.79 Å². The van der Waals surface area contributed by atoms with Crippen LogP contribution >= 0.6 is 0 Å². The molecule has 0 saturated carbocycles. The van der Waals surface area contributed by atoms with E-state index in [4.69, 9.17) is 4.42 Å². The number of carbonyl (C=O) groups excluding carboxylic acids is 1. The smallest absolute Gasteiger partial charge is 0.227 e. The van der Waals surface area contributed by atoms with Crippen molar-refractivity contribution < 1.29 is 9.21 Å². The lowest BCUT2D eigenvalue weighted by molar-refractivity contribution is -0.122. The Balaban J connectivity index is 1.97. The number of aryl methyl sites for hydroxylation is 3. The minimum Gasteiger partial charge on any atom is -0.466 e. The molecule has 0 radical (unpaired) electrons. The number of carbonyl (C=O) groups is 1. The summed E-state index contributed by atoms with van der Waals surface area (Å²) in [4.78, 5) is 12.2. The van der Waals surface area contributed by atoms with Crippen molar-refractivity contribution in [2.24, 2.45) is 0 Å². The van der Waals surface area contributed by atoms with Crippen molar-refractivity contribution in [2.45, 2.75) is 46.6 Å². The van der Waals surface area contributed by atoms with Gasteiger partial charge in [0.2, 0.25) is 5.91 Å². The second kappa shape index (κ2) is 6.61. The quantitative estimate of drug-likeness (QED) is 0.906. The predicted molar refractivity (Wildman–Crippen MR) is 84.3 cm³/mol. The van der Waals surface area contributed by atoms with Gasteiger partial charge in [-0.1, -0.05) is 31.2 Å². The fourth-order valence-corrected chi connectivity index (χ4v) is 2.39. The lowest BCUT2D eigenvalue weighted by Crippen LogP contribution is -2.27. The van der Waals surface area contributed by atoms with Crippen molar-refractivity contribution in [3.63, 3.8) is 0 Å². The fraction of sp³-hybridized carbons (Fsp3) is 0.389. The van der Waals surface area contributed by atoms with Gasteiger partial charge in [0.1, 0.15) is 11.5 Å². The molecule has 1 heterocycles. The summed E-state index contributed by atoms with van der Waals surface area (Å²) >= 11 is 0. The molecule has 3 heteroatoms. The summed E-state index contributed by atoms with van der Waals surface area (Å²) in [7, 11) is 0. The topological polar surface area (TPSA) is 42.2 Å². The third-order valence-electron chi connectivity index (χ3n) is 3.88. The molecular formula is C18H23NO2. The number of rotatable bonds is 5. The third-order valence-corrected chi connectivity index (χ3v) is 3.88. The third kappa shape index (κ3) is 3.75. The van der Waals surface area contributed by atoms with Gasteiger partial charge in [-0.15, -0.1) is 0 Å². The molecule has 21 heavy (non-hydrogen) atoms. The van der Waals surface area contributed by atoms with E-state index in [0.29, 0.717) is 6.54 Å². The molecule has 2 rings (SSSR count). The van der Waals surface area contributed by atoms with Crippen LogP contribution in [0.5, 0.6) is 0 Å². The largest absolute Gasteiger partial charge is 0.466 e. The highest BCUT2D eigenvalue weighted by Gasteiger charge is 2.15. The molecule has 0 aliphatic carbocycles. The number of furan rings is 1. The summed E-state index contributed by atoms with van der Waals surface area (Å²) < 4.78 is 5.47. The Labute approximate surface area is 126 Å². The molecule has 0 aliphatic heterocycles. The van der Waals surface area contributed by atoms with Crippen LogP contribution in [-0.4, -0.2) is 5.91 Å². The minimum absolute atomic E-state index is 0.0394. The first-order chi connectivity index (χ1) is 10.0. The average molecular weight is 285 g/mol. The van der Waals surface area contributed by atoms with Crippen LogP contribution in [0.3, 0.4) is 0 Å². The Kier molecular flexibility index (Phi) is 4.84. The first-order valence-corrected chi connectivity index (χ1v) is 7.43. The van der Waals surface area contributed by atoms with Crippen molar-refractivity contribution in [3.05, 3.63) is 58.5 Å². The molecule has 3 nitrogen and oxygen atoms in total. The van der Waals surface area contributed by atoms with Gasteiger partial charge in [0.25, 0.3) is 0 Å². The Morgan fingerprint density at radius 1 is 1.24 bits per heavy atom. The molecule has 0 spiro atoms. The van der Waals surface area contributed by atoms with Gasteiger partial charge in [0.05, 0.1) is 5.92 Å². The lowest BCUT2D eigenvalue weighted by atomic mass is 9.98. The molecule has 1 amide bonds. The minimum atomic E-state index is -0.149. The normalized spacial score (nSPS) is 12.2. The SMILES string of the molecule is CCc1ccc(C(C)C(=O)NCc2cc(C)oc2C)cc1. The summed E-state index contributed by atoms with van der Waals surface area (Å²) in [5.41, 5.74) is 3.37. The first-order valence-electron chi connectivity index (χ1n) is 7.43. The van der Waals surface area contributed by atoms with Gasteiger partial charge >= 0.3 is 0 Å². The summed E-state index contributed by atoms with van der Waals surface area (Å²) in [5, 5.41) is 2.98. The second-order valence-electron chi connectivity index (χ2n) is 5.47. The fourth-order valence-electron chi connectivity index (χ4n) is 2.39. The van der Waals surface area contributed by atoms with Gasteiger partial charge in [-0.25, -0.2) is 0 Å². The van der Waals surface area contributed by atoms with Crippen molar-refractivity contribution in [1.29, 1.82) is 0 Å². The van der Waals surface area contributed by atoms with Crippen molar-refractivity contribution in [2.75, 3.05) is 0 Å². The van der Waals surface area contributed by atoms with Crippen LogP contribution in [0, 0.1) is 13.8 Å². The maximum absolute atomic E-state index is 12.2. The van der Waals surface area contributed by atoms with Gasteiger partial charge in [0, 0.05) is 12.1 Å². The lowest BCUT2D eigenvalue weighted by Gasteiger charge is -2.13. The highest BCUT2D eigenvalue weighted by Crippen LogP contribution is 2.18. The highest BCUT2D eigenvalue weighted by atomic mass is 16.3. The molecular weight excluding hydrogens is 262 g/mol. The van der Waals surface area contributed by atoms with Gasteiger partial charge in [-0.3, -0.25) is 4.79 Å². The van der Waals surface area contributed by atoms with E-state index >= 15 is 0 Å². The number of hydrogen-bond donors (Lipinski definition) is 1. The molecule has 0 bridgehead atoms. The van der Waals surface area contributed by atoms with E-state index in [1.165, 1.54) is 5.56 Å². The van der Waals surface area contributed by atoms with Crippen LogP contribution in [-0.2, 0) is 17.8 Å². The number of nitrogens with one attached hydrogen (secondary N) is 1. The van der Waals surface area contributed by atoms with Gasteiger partial charge in [-0.05, 0) is 44.4 Å². The standard InChI is InChI=1S/C18H23NO2/c1-5-15-6-8-16(9-7-15)13(3)18(20)19-11-17-10-12(2)21-14(17)4/h6-10,13H,5,11H2,1-4H3,(H,19,20). The molecule has 0 fully saturated rings. The maximum atomic E-state index is 12.2. The Hall–Kier alpha value is -2.03. The average Bonchev–Trinajstić information content (AvgIpc) is 2.82. The van der Waals surface area contributed by atoms with Crippen LogP contribution < -0.4 is 5.32 Å². The summed E-state index contributed by atoms with van der Waals surface area (Å²) in [5.74, 6) is 1.63. The molecule has 112 valence electrons. The van der Waals surface area contributed by atoms with Crippen LogP contribution in [0.2, 0.25) is 0 Å². The number of amides is 1. The molecule has 1 aromatic carbocycles. The van der Waals surface area contributed by atoms with Gasteiger partial charge in [0.15, 0.2) is 0 Å². The Morgan fingerprint density at radius 3 is 2.43 bits per heavy atom. The van der Waals surface area contributed by atoms with Gasteiger partial charge < -0.3 is 9.73 Å². The molecule has 0 aliphatic rings. The van der Waals surface area contributed by atoms with E-state index in [-0.39, 0.29) is 11.8 Å². The summed E-state index contributed by atoms with van der Waals surface area (Å²) in [6.45, 7) is 8.40. The van der Waals surface area contributed by atoms with E-state index in [1.54, 1.807) is 0 Å². The molecule has 1 N–H and O–H groups in total. The second-order valence-corrected chi connectivity index (χ2v) is 5.47. The number of hydrogen-bond acceptors (Lipinski definition) is 2. The number of benzene rings is 1. The Bertz CT molecular complexity index is 611. The van der Waals surface area contributed by atoms with Gasteiger partial charge in [-0.2, -0.15) is 0 Å². The first kappa shape index (κ1) is 15.4. The van der Waals surface area contributed by atoms with Crippen LogP contribution in [0.25, 0.3) is 0 Å². The van der Waals surface area contributed by atoms with E-state index in [1.807, 2.05) is 39.0 Å². The molecule has 1 unspecified atom stereocenters. The van der Waals surface area contributed by atoms with E-state index in [0.717, 1.165) is 29.1 Å². The monoisotopic (exact) mass is 285 g/mol. The van der Waals surface area contributed by atoms with Crippen molar-refractivity contribution in [1.82, 2.24) is 5.32 Å². The van der Waals surface area contributed by atoms with E-state index < -0.39 is 0 Å². The molecule has 1 aromatic heterocycles. The molecule has 0 saturated heterocycles. The molecule has 2 aromatic rings. The zero-order valence-corrected chi connectivity index (χ0v) is 13.2. The van der Waals surface area contributed by atoms with Crippen LogP contribution in [0.4, 0.5) is 0 Å². The van der Waals surface area contributed by atoms with Crippen molar-refractivity contribution in [3.8, 4) is 0 Å².